The van der Waals surface area contributed by atoms with Gasteiger partial charge in [-0.2, -0.15) is 0 Å². The zero-order chi connectivity index (χ0) is 16.5. The molecule has 21 heavy (non-hydrogen) atoms. The molecule has 0 aromatic rings. The van der Waals surface area contributed by atoms with Crippen molar-refractivity contribution in [2.24, 2.45) is 0 Å². The lowest BCUT2D eigenvalue weighted by Gasteiger charge is -2.39. The van der Waals surface area contributed by atoms with E-state index in [4.69, 9.17) is 9.16 Å². The topological polar surface area (TPSA) is 52.6 Å². The van der Waals surface area contributed by atoms with Gasteiger partial charge in [-0.05, 0) is 31.5 Å². The van der Waals surface area contributed by atoms with E-state index >= 15 is 0 Å². The molecule has 0 fully saturated rings. The predicted molar refractivity (Wildman–Crippen MR) is 86.4 cm³/mol. The summed E-state index contributed by atoms with van der Waals surface area (Å²) in [7, 11) is -1.90. The van der Waals surface area contributed by atoms with Gasteiger partial charge in [0, 0.05) is 18.8 Å². The molecule has 0 bridgehead atoms. The minimum absolute atomic E-state index is 0.102. The van der Waals surface area contributed by atoms with Crippen LogP contribution in [0.1, 0.15) is 47.0 Å². The molecule has 0 N–H and O–H groups in total. The summed E-state index contributed by atoms with van der Waals surface area (Å²) in [5.74, 6) is 4.70. The van der Waals surface area contributed by atoms with Gasteiger partial charge in [0.15, 0.2) is 8.32 Å². The fourth-order valence-electron chi connectivity index (χ4n) is 1.46. The molecule has 0 aliphatic heterocycles. The van der Waals surface area contributed by atoms with E-state index in [1.807, 2.05) is 0 Å². The van der Waals surface area contributed by atoms with Gasteiger partial charge >= 0.3 is 5.97 Å². The summed E-state index contributed by atoms with van der Waals surface area (Å²) >= 11 is 0. The molecule has 4 nitrogen and oxygen atoms in total. The number of aldehydes is 1. The predicted octanol–water partition coefficient (Wildman–Crippen LogP) is 3.31. The van der Waals surface area contributed by atoms with Crippen molar-refractivity contribution in [1.29, 1.82) is 0 Å². The van der Waals surface area contributed by atoms with Crippen LogP contribution in [-0.2, 0) is 18.8 Å². The fourth-order valence-corrected chi connectivity index (χ4v) is 2.86. The Kier molecular flexibility index (Phi) is 8.53. The first-order valence-corrected chi connectivity index (χ1v) is 10.3. The number of carbonyl (C=O) groups excluding carboxylic acids is 2. The quantitative estimate of drug-likeness (QED) is 0.238. The Labute approximate surface area is 129 Å². The van der Waals surface area contributed by atoms with E-state index in [0.717, 1.165) is 6.29 Å². The Morgan fingerprint density at radius 2 is 1.95 bits per heavy atom. The molecule has 0 saturated carbocycles. The standard InChI is InChI=1S/C16H28O4Si/c1-7-19-15(18)11-9-8-10-14(12-13-17)20-21(5,6)16(2,3)4/h13-14H,7-8,10,12H2,1-6H3. The van der Waals surface area contributed by atoms with Crippen LogP contribution in [0.4, 0.5) is 0 Å². The molecule has 0 saturated heterocycles. The smallest absolute Gasteiger partial charge is 0.384 e. The van der Waals surface area contributed by atoms with Crippen LogP contribution in [0.5, 0.6) is 0 Å². The molecule has 0 heterocycles. The van der Waals surface area contributed by atoms with Crippen molar-refractivity contribution >= 4 is 20.6 Å². The van der Waals surface area contributed by atoms with E-state index < -0.39 is 14.3 Å². The molecule has 0 rings (SSSR count). The van der Waals surface area contributed by atoms with Crippen LogP contribution in [0.25, 0.3) is 0 Å². The van der Waals surface area contributed by atoms with E-state index in [-0.39, 0.29) is 11.1 Å². The van der Waals surface area contributed by atoms with Crippen molar-refractivity contribution in [3.05, 3.63) is 0 Å². The molecule has 1 unspecified atom stereocenters. The largest absolute Gasteiger partial charge is 0.456 e. The van der Waals surface area contributed by atoms with Gasteiger partial charge < -0.3 is 14.0 Å². The van der Waals surface area contributed by atoms with Crippen molar-refractivity contribution < 1.29 is 18.8 Å². The van der Waals surface area contributed by atoms with Gasteiger partial charge in [0.05, 0.1) is 12.7 Å². The van der Waals surface area contributed by atoms with Gasteiger partial charge in [-0.15, -0.1) is 0 Å². The summed E-state index contributed by atoms with van der Waals surface area (Å²) in [5, 5.41) is 0.102. The number of ether oxygens (including phenoxy) is 1. The molecule has 0 radical (unpaired) electrons. The molecule has 0 amide bonds. The number of esters is 1. The lowest BCUT2D eigenvalue weighted by atomic mass is 10.1. The van der Waals surface area contributed by atoms with Crippen LogP contribution in [0, 0.1) is 11.8 Å². The van der Waals surface area contributed by atoms with E-state index in [9.17, 15) is 9.59 Å². The van der Waals surface area contributed by atoms with Gasteiger partial charge in [0.25, 0.3) is 0 Å². The summed E-state index contributed by atoms with van der Waals surface area (Å²) in [6.07, 6.45) is 2.30. The van der Waals surface area contributed by atoms with Gasteiger partial charge in [-0.3, -0.25) is 0 Å². The average molecular weight is 312 g/mol. The second kappa shape index (κ2) is 9.01. The van der Waals surface area contributed by atoms with Crippen LogP contribution in [-0.4, -0.2) is 33.3 Å². The molecular weight excluding hydrogens is 284 g/mol. The Bertz CT molecular complexity index is 399. The normalized spacial score (nSPS) is 13.0. The number of hydrogen-bond donors (Lipinski definition) is 0. The lowest BCUT2D eigenvalue weighted by Crippen LogP contribution is -2.44. The highest BCUT2D eigenvalue weighted by Gasteiger charge is 2.38. The first-order chi connectivity index (χ1) is 9.64. The monoisotopic (exact) mass is 312 g/mol. The highest BCUT2D eigenvalue weighted by Crippen LogP contribution is 2.37. The van der Waals surface area contributed by atoms with Gasteiger partial charge in [0.2, 0.25) is 0 Å². The Hall–Kier alpha value is -1.12. The van der Waals surface area contributed by atoms with Crippen molar-refractivity contribution in [3.63, 3.8) is 0 Å². The molecule has 1 atom stereocenters. The van der Waals surface area contributed by atoms with E-state index in [0.29, 0.717) is 25.9 Å². The minimum atomic E-state index is -1.90. The molecule has 5 heteroatoms. The third kappa shape index (κ3) is 8.03. The minimum Gasteiger partial charge on any atom is -0.456 e. The van der Waals surface area contributed by atoms with Crippen molar-refractivity contribution in [1.82, 2.24) is 0 Å². The van der Waals surface area contributed by atoms with E-state index in [1.165, 1.54) is 0 Å². The Balaban J connectivity index is 4.51. The summed E-state index contributed by atoms with van der Waals surface area (Å²) in [6, 6.07) is 0. The second-order valence-electron chi connectivity index (χ2n) is 6.46. The third-order valence-electron chi connectivity index (χ3n) is 3.68. The third-order valence-corrected chi connectivity index (χ3v) is 8.22. The van der Waals surface area contributed by atoms with Crippen LogP contribution in [0.2, 0.25) is 18.1 Å². The lowest BCUT2D eigenvalue weighted by molar-refractivity contribution is -0.136. The highest BCUT2D eigenvalue weighted by molar-refractivity contribution is 6.74. The number of rotatable bonds is 7. The first kappa shape index (κ1) is 19.9. The molecule has 0 spiro atoms. The summed E-state index contributed by atoms with van der Waals surface area (Å²) in [6.45, 7) is 12.9. The SMILES string of the molecule is CCOC(=O)C#CCCC(CC=O)O[Si](C)(C)C(C)(C)C. The zero-order valence-electron chi connectivity index (χ0n) is 14.1. The average Bonchev–Trinajstić information content (AvgIpc) is 2.33. The van der Waals surface area contributed by atoms with Crippen molar-refractivity contribution in [2.75, 3.05) is 6.61 Å². The maximum Gasteiger partial charge on any atom is 0.384 e. The Morgan fingerprint density at radius 1 is 1.33 bits per heavy atom. The number of carbonyl (C=O) groups is 2. The molecule has 0 aliphatic carbocycles. The first-order valence-electron chi connectivity index (χ1n) is 7.41. The van der Waals surface area contributed by atoms with E-state index in [1.54, 1.807) is 6.92 Å². The second-order valence-corrected chi connectivity index (χ2v) is 11.2. The van der Waals surface area contributed by atoms with Crippen LogP contribution >= 0.6 is 0 Å². The fraction of sp³-hybridized carbons (Fsp3) is 0.750. The molecular formula is C16H28O4Si. The van der Waals surface area contributed by atoms with Crippen molar-refractivity contribution in [3.8, 4) is 11.8 Å². The zero-order valence-corrected chi connectivity index (χ0v) is 15.1. The van der Waals surface area contributed by atoms with Crippen LogP contribution in [0.15, 0.2) is 0 Å². The van der Waals surface area contributed by atoms with Gasteiger partial charge in [0.1, 0.15) is 6.29 Å². The maximum absolute atomic E-state index is 11.1. The van der Waals surface area contributed by atoms with Gasteiger partial charge in [-0.1, -0.05) is 26.7 Å². The molecule has 0 aliphatic rings. The molecule has 120 valence electrons. The summed E-state index contributed by atoms with van der Waals surface area (Å²) in [5.41, 5.74) is 0. The maximum atomic E-state index is 11.1. The Morgan fingerprint density at radius 3 is 2.43 bits per heavy atom. The molecule has 0 aromatic heterocycles. The number of hydrogen-bond acceptors (Lipinski definition) is 4. The summed E-state index contributed by atoms with van der Waals surface area (Å²) < 4.78 is 10.9. The molecule has 0 aromatic carbocycles. The van der Waals surface area contributed by atoms with Crippen LogP contribution < -0.4 is 0 Å². The highest BCUT2D eigenvalue weighted by atomic mass is 28.4. The van der Waals surface area contributed by atoms with Crippen LogP contribution in [0.3, 0.4) is 0 Å². The summed E-state index contributed by atoms with van der Waals surface area (Å²) in [4.78, 5) is 21.9. The van der Waals surface area contributed by atoms with Gasteiger partial charge in [-0.25, -0.2) is 4.79 Å². The van der Waals surface area contributed by atoms with E-state index in [2.05, 4.69) is 45.7 Å². The van der Waals surface area contributed by atoms with Crippen molar-refractivity contribution in [2.45, 2.75) is 71.2 Å².